The normalized spacial score (nSPS) is 19.9. The van der Waals surface area contributed by atoms with Gasteiger partial charge in [0.1, 0.15) is 12.3 Å². The maximum Gasteiger partial charge on any atom is 0.334 e. The van der Waals surface area contributed by atoms with Crippen molar-refractivity contribution in [1.29, 1.82) is 0 Å². The SMILES string of the molecule is COc1ccccc1N(C[C@@H]1CCCO1)C(=O)Cc1noc(CN2C(=O)C(=O)N(CC3CC3)C2=O)n1. The number of urea groups is 1. The first-order valence-corrected chi connectivity index (χ1v) is 12.0. The van der Waals surface area contributed by atoms with Crippen LogP contribution in [0.1, 0.15) is 37.4 Å². The van der Waals surface area contributed by atoms with E-state index in [0.717, 1.165) is 35.5 Å². The summed E-state index contributed by atoms with van der Waals surface area (Å²) in [6.45, 7) is 0.909. The first-order chi connectivity index (χ1) is 17.4. The minimum absolute atomic E-state index is 0.0384. The summed E-state index contributed by atoms with van der Waals surface area (Å²) in [5.41, 5.74) is 0.603. The van der Waals surface area contributed by atoms with Crippen LogP contribution >= 0.6 is 0 Å². The average molecular weight is 498 g/mol. The molecule has 1 aromatic heterocycles. The zero-order chi connectivity index (χ0) is 25.2. The molecule has 2 aromatic rings. The quantitative estimate of drug-likeness (QED) is 0.354. The summed E-state index contributed by atoms with van der Waals surface area (Å²) in [7, 11) is 1.54. The zero-order valence-corrected chi connectivity index (χ0v) is 19.9. The molecule has 3 aliphatic rings. The Labute approximate surface area is 207 Å². The molecule has 1 aliphatic carbocycles. The monoisotopic (exact) mass is 497 g/mol. The number of methoxy groups -OCH3 is 1. The Balaban J connectivity index is 1.28. The third kappa shape index (κ3) is 4.94. The third-order valence-corrected chi connectivity index (χ3v) is 6.47. The molecule has 0 unspecified atom stereocenters. The highest BCUT2D eigenvalue weighted by molar-refractivity contribution is 6.44. The van der Waals surface area contributed by atoms with Gasteiger partial charge in [0.25, 0.3) is 0 Å². The van der Waals surface area contributed by atoms with E-state index in [9.17, 15) is 19.2 Å². The van der Waals surface area contributed by atoms with Crippen molar-refractivity contribution >= 4 is 29.4 Å². The van der Waals surface area contributed by atoms with Crippen LogP contribution < -0.4 is 9.64 Å². The molecular formula is C24H27N5O7. The third-order valence-electron chi connectivity index (χ3n) is 6.47. The maximum absolute atomic E-state index is 13.3. The van der Waals surface area contributed by atoms with E-state index in [4.69, 9.17) is 14.0 Å². The highest BCUT2D eigenvalue weighted by Crippen LogP contribution is 2.32. The van der Waals surface area contributed by atoms with Gasteiger partial charge in [-0.05, 0) is 43.7 Å². The van der Waals surface area contributed by atoms with Gasteiger partial charge in [0, 0.05) is 13.2 Å². The number of hydrogen-bond donors (Lipinski definition) is 0. The molecule has 36 heavy (non-hydrogen) atoms. The van der Waals surface area contributed by atoms with E-state index in [1.54, 1.807) is 17.0 Å². The smallest absolute Gasteiger partial charge is 0.334 e. The van der Waals surface area contributed by atoms with Gasteiger partial charge < -0.3 is 18.9 Å². The van der Waals surface area contributed by atoms with Gasteiger partial charge in [0.05, 0.1) is 31.9 Å². The molecule has 12 nitrogen and oxygen atoms in total. The van der Waals surface area contributed by atoms with Crippen molar-refractivity contribution < 1.29 is 33.2 Å². The number of hydrogen-bond acceptors (Lipinski definition) is 9. The lowest BCUT2D eigenvalue weighted by molar-refractivity contribution is -0.143. The van der Waals surface area contributed by atoms with Gasteiger partial charge >= 0.3 is 17.8 Å². The second-order valence-corrected chi connectivity index (χ2v) is 9.13. The summed E-state index contributed by atoms with van der Waals surface area (Å²) in [5, 5.41) is 3.85. The molecule has 0 spiro atoms. The lowest BCUT2D eigenvalue weighted by Crippen LogP contribution is -2.38. The number of rotatable bonds is 10. The van der Waals surface area contributed by atoms with Gasteiger partial charge in [-0.15, -0.1) is 0 Å². The van der Waals surface area contributed by atoms with Crippen LogP contribution in [0.25, 0.3) is 0 Å². The van der Waals surface area contributed by atoms with Crippen molar-refractivity contribution in [2.75, 3.05) is 31.7 Å². The number of para-hydroxylation sites is 2. The molecule has 5 amide bonds. The first-order valence-electron chi connectivity index (χ1n) is 12.0. The van der Waals surface area contributed by atoms with E-state index in [1.165, 1.54) is 7.11 Å². The number of ether oxygens (including phenoxy) is 2. The molecule has 1 aromatic carbocycles. The molecule has 3 heterocycles. The van der Waals surface area contributed by atoms with E-state index in [1.807, 2.05) is 12.1 Å². The van der Waals surface area contributed by atoms with Gasteiger partial charge in [0.2, 0.25) is 11.8 Å². The average Bonchev–Trinajstić information content (AvgIpc) is 3.28. The van der Waals surface area contributed by atoms with Crippen molar-refractivity contribution in [1.82, 2.24) is 19.9 Å². The predicted octanol–water partition coefficient (Wildman–Crippen LogP) is 1.53. The molecule has 3 fully saturated rings. The number of nitrogens with zero attached hydrogens (tertiary/aromatic N) is 5. The van der Waals surface area contributed by atoms with Gasteiger partial charge in [-0.1, -0.05) is 17.3 Å². The van der Waals surface area contributed by atoms with Crippen LogP contribution in [0.4, 0.5) is 10.5 Å². The van der Waals surface area contributed by atoms with Crippen LogP contribution in [-0.2, 0) is 32.1 Å². The van der Waals surface area contributed by atoms with Crippen molar-refractivity contribution in [3.63, 3.8) is 0 Å². The van der Waals surface area contributed by atoms with E-state index >= 15 is 0 Å². The Morgan fingerprint density at radius 1 is 1.14 bits per heavy atom. The molecule has 1 saturated carbocycles. The van der Waals surface area contributed by atoms with Crippen molar-refractivity contribution in [3.8, 4) is 5.75 Å². The topological polar surface area (TPSA) is 135 Å². The molecule has 2 saturated heterocycles. The molecular weight excluding hydrogens is 470 g/mol. The van der Waals surface area contributed by atoms with E-state index < -0.39 is 17.8 Å². The number of benzene rings is 1. The Morgan fingerprint density at radius 3 is 2.64 bits per heavy atom. The minimum Gasteiger partial charge on any atom is -0.495 e. The van der Waals surface area contributed by atoms with E-state index in [2.05, 4.69) is 10.1 Å². The summed E-state index contributed by atoms with van der Waals surface area (Å²) in [6.07, 6.45) is 3.38. The lowest BCUT2D eigenvalue weighted by Gasteiger charge is -2.26. The predicted molar refractivity (Wildman–Crippen MR) is 123 cm³/mol. The summed E-state index contributed by atoms with van der Waals surface area (Å²) in [6, 6.07) is 6.52. The van der Waals surface area contributed by atoms with E-state index in [-0.39, 0.29) is 49.2 Å². The van der Waals surface area contributed by atoms with Crippen LogP contribution in [0.15, 0.2) is 28.8 Å². The molecule has 1 atom stereocenters. The Morgan fingerprint density at radius 2 is 1.92 bits per heavy atom. The summed E-state index contributed by atoms with van der Waals surface area (Å²) >= 11 is 0. The van der Waals surface area contributed by atoms with Gasteiger partial charge in [-0.3, -0.25) is 19.3 Å². The fourth-order valence-corrected chi connectivity index (χ4v) is 4.38. The number of carbonyl (C=O) groups is 4. The highest BCUT2D eigenvalue weighted by Gasteiger charge is 2.46. The van der Waals surface area contributed by atoms with Crippen molar-refractivity contribution in [2.24, 2.45) is 5.92 Å². The Kier molecular flexibility index (Phi) is 6.68. The first kappa shape index (κ1) is 23.9. The molecule has 0 radical (unpaired) electrons. The molecule has 12 heteroatoms. The number of amides is 5. The van der Waals surface area contributed by atoms with Crippen molar-refractivity contribution in [3.05, 3.63) is 36.0 Å². The number of imide groups is 2. The van der Waals surface area contributed by atoms with Gasteiger partial charge in [0.15, 0.2) is 5.82 Å². The largest absolute Gasteiger partial charge is 0.495 e. The van der Waals surface area contributed by atoms with Crippen LogP contribution in [0.2, 0.25) is 0 Å². The Bertz CT molecular complexity index is 1170. The second-order valence-electron chi connectivity index (χ2n) is 9.13. The Hall–Kier alpha value is -3.80. The van der Waals surface area contributed by atoms with Crippen LogP contribution in [-0.4, -0.2) is 76.6 Å². The second kappa shape index (κ2) is 10.1. The number of aromatic nitrogens is 2. The van der Waals surface area contributed by atoms with Gasteiger partial charge in [-0.2, -0.15) is 4.98 Å². The highest BCUT2D eigenvalue weighted by atomic mass is 16.5. The maximum atomic E-state index is 13.3. The summed E-state index contributed by atoms with van der Waals surface area (Å²) in [4.78, 5) is 58.0. The van der Waals surface area contributed by atoms with Crippen molar-refractivity contribution in [2.45, 2.75) is 44.8 Å². The molecule has 5 rings (SSSR count). The van der Waals surface area contributed by atoms with Crippen LogP contribution in [0.5, 0.6) is 5.75 Å². The lowest BCUT2D eigenvalue weighted by atomic mass is 10.2. The van der Waals surface area contributed by atoms with Crippen LogP contribution in [0.3, 0.4) is 0 Å². The van der Waals surface area contributed by atoms with E-state index in [0.29, 0.717) is 24.6 Å². The molecule has 190 valence electrons. The van der Waals surface area contributed by atoms with Gasteiger partial charge in [-0.25, -0.2) is 9.69 Å². The van der Waals surface area contributed by atoms with Crippen LogP contribution in [0, 0.1) is 5.92 Å². The standard InChI is InChI=1S/C24H27N5O7/c1-34-18-7-3-2-6-17(18)27(13-16-5-4-10-35-16)21(30)11-19-25-20(36-26-19)14-29-23(32)22(31)28(24(29)33)12-15-8-9-15/h2-3,6-7,15-16H,4-5,8-14H2,1H3/t16-/m0/s1. The number of anilines is 1. The fraction of sp³-hybridized carbons (Fsp3) is 0.500. The minimum atomic E-state index is -0.921. The summed E-state index contributed by atoms with van der Waals surface area (Å²) < 4.78 is 16.4. The molecule has 2 aliphatic heterocycles. The fourth-order valence-electron chi connectivity index (χ4n) is 4.38. The molecule has 0 bridgehead atoms. The summed E-state index contributed by atoms with van der Waals surface area (Å²) in [5.74, 6) is -1.19. The zero-order valence-electron chi connectivity index (χ0n) is 19.9. The molecule has 0 N–H and O–H groups in total. The number of carbonyl (C=O) groups excluding carboxylic acids is 4.